The summed E-state index contributed by atoms with van der Waals surface area (Å²) in [6, 6.07) is 12.5. The van der Waals surface area contributed by atoms with Crippen LogP contribution in [-0.4, -0.2) is 59.3 Å². The van der Waals surface area contributed by atoms with Gasteiger partial charge < -0.3 is 25.4 Å². The molecule has 1 saturated carbocycles. The third-order valence-electron chi connectivity index (χ3n) is 7.56. The maximum atomic E-state index is 11.5. The second-order valence-electron chi connectivity index (χ2n) is 10.6. The number of carboxylic acids is 1. The summed E-state index contributed by atoms with van der Waals surface area (Å²) >= 11 is 0. The third kappa shape index (κ3) is 5.96. The van der Waals surface area contributed by atoms with E-state index in [9.17, 15) is 9.90 Å². The van der Waals surface area contributed by atoms with Gasteiger partial charge in [-0.3, -0.25) is 4.79 Å². The van der Waals surface area contributed by atoms with Gasteiger partial charge in [-0.2, -0.15) is 0 Å². The molecule has 2 aromatic rings. The summed E-state index contributed by atoms with van der Waals surface area (Å²) in [5, 5.41) is 16.6. The number of aromatic nitrogens is 1. The summed E-state index contributed by atoms with van der Waals surface area (Å²) in [4.78, 5) is 18.9. The Labute approximate surface area is 208 Å². The molecule has 3 aliphatic rings. The molecule has 0 radical (unpaired) electrons. The van der Waals surface area contributed by atoms with E-state index < -0.39 is 5.97 Å². The largest absolute Gasteiger partial charge is 0.491 e. The average molecular weight is 479 g/mol. The van der Waals surface area contributed by atoms with Crippen LogP contribution in [0.1, 0.15) is 56.0 Å². The standard InChI is InChI=1S/C28H38N4O3/c1-18(2)35-22-11-8-19(9-12-22)25(15-26(33)34)31-27-23-16-32(17-24(23)27)14-4-6-21-10-7-20-5-3-13-29-28(20)30-21/h7-12,18,23-25,27,31H,3-6,13-17H2,1-2H3,(H,29,30)(H,33,34). The highest BCUT2D eigenvalue weighted by Crippen LogP contribution is 2.46. The average Bonchev–Trinajstić information content (AvgIpc) is 3.27. The smallest absolute Gasteiger partial charge is 0.305 e. The van der Waals surface area contributed by atoms with Gasteiger partial charge in [0.15, 0.2) is 0 Å². The second kappa shape index (κ2) is 10.5. The summed E-state index contributed by atoms with van der Waals surface area (Å²) in [7, 11) is 0. The number of hydrogen-bond donors (Lipinski definition) is 3. The van der Waals surface area contributed by atoms with Gasteiger partial charge in [0.05, 0.1) is 12.5 Å². The molecular weight excluding hydrogens is 440 g/mol. The highest BCUT2D eigenvalue weighted by molar-refractivity contribution is 5.68. The summed E-state index contributed by atoms with van der Waals surface area (Å²) in [6.07, 6.45) is 4.67. The molecular formula is C28H38N4O3. The van der Waals surface area contributed by atoms with E-state index in [1.54, 1.807) is 0 Å². The van der Waals surface area contributed by atoms with Crippen molar-refractivity contribution in [1.82, 2.24) is 15.2 Å². The lowest BCUT2D eigenvalue weighted by molar-refractivity contribution is -0.137. The first kappa shape index (κ1) is 24.1. The van der Waals surface area contributed by atoms with Gasteiger partial charge in [-0.1, -0.05) is 18.2 Å². The summed E-state index contributed by atoms with van der Waals surface area (Å²) in [6.45, 7) is 8.33. The van der Waals surface area contributed by atoms with E-state index in [0.717, 1.165) is 62.6 Å². The first-order chi connectivity index (χ1) is 17.0. The molecule has 1 aromatic carbocycles. The minimum Gasteiger partial charge on any atom is -0.491 e. The molecule has 0 spiro atoms. The maximum Gasteiger partial charge on any atom is 0.305 e. The van der Waals surface area contributed by atoms with Gasteiger partial charge in [-0.25, -0.2) is 4.98 Å². The van der Waals surface area contributed by atoms with E-state index in [2.05, 4.69) is 27.7 Å². The molecule has 1 aromatic heterocycles. The number of hydrogen-bond acceptors (Lipinski definition) is 6. The Hall–Kier alpha value is -2.64. The van der Waals surface area contributed by atoms with Gasteiger partial charge >= 0.3 is 5.97 Å². The predicted molar refractivity (Wildman–Crippen MR) is 137 cm³/mol. The van der Waals surface area contributed by atoms with Gasteiger partial charge in [0.1, 0.15) is 11.6 Å². The molecule has 0 amide bonds. The number of aryl methyl sites for hydroxylation is 2. The molecule has 188 valence electrons. The lowest BCUT2D eigenvalue weighted by Gasteiger charge is -2.23. The summed E-state index contributed by atoms with van der Waals surface area (Å²) in [5.74, 6) is 2.38. The van der Waals surface area contributed by atoms with Crippen molar-refractivity contribution in [2.24, 2.45) is 11.8 Å². The number of piperidine rings is 1. The van der Waals surface area contributed by atoms with E-state index in [4.69, 9.17) is 9.72 Å². The molecule has 2 fully saturated rings. The Morgan fingerprint density at radius 2 is 1.97 bits per heavy atom. The van der Waals surface area contributed by atoms with Gasteiger partial charge in [0.2, 0.25) is 0 Å². The van der Waals surface area contributed by atoms with Crippen molar-refractivity contribution in [1.29, 1.82) is 0 Å². The molecule has 1 aliphatic carbocycles. The number of fused-ring (bicyclic) bond motifs is 2. The molecule has 7 heteroatoms. The maximum absolute atomic E-state index is 11.5. The first-order valence-electron chi connectivity index (χ1n) is 13.2. The molecule has 0 bridgehead atoms. The van der Waals surface area contributed by atoms with E-state index in [-0.39, 0.29) is 18.6 Å². The number of nitrogens with one attached hydrogen (secondary N) is 2. The fourth-order valence-electron chi connectivity index (χ4n) is 5.77. The fraction of sp³-hybridized carbons (Fsp3) is 0.571. The number of likely N-dealkylation sites (tertiary alicyclic amines) is 1. The highest BCUT2D eigenvalue weighted by atomic mass is 16.5. The van der Waals surface area contributed by atoms with Gasteiger partial charge in [0, 0.05) is 37.4 Å². The number of carboxylic acid groups (broad SMARTS) is 1. The summed E-state index contributed by atoms with van der Waals surface area (Å²) in [5.41, 5.74) is 3.54. The third-order valence-corrected chi connectivity index (χ3v) is 7.56. The Morgan fingerprint density at radius 1 is 1.20 bits per heavy atom. The number of pyridine rings is 1. The highest BCUT2D eigenvalue weighted by Gasteiger charge is 2.55. The van der Waals surface area contributed by atoms with Crippen LogP contribution in [0, 0.1) is 11.8 Å². The Kier molecular flexibility index (Phi) is 7.25. The molecule has 3 heterocycles. The van der Waals surface area contributed by atoms with Gasteiger partial charge in [-0.15, -0.1) is 0 Å². The van der Waals surface area contributed by atoms with Crippen molar-refractivity contribution in [2.45, 2.75) is 64.1 Å². The second-order valence-corrected chi connectivity index (χ2v) is 10.6. The number of aliphatic carboxylic acids is 1. The number of rotatable bonds is 11. The normalized spacial score (nSPS) is 23.9. The SMILES string of the molecule is CC(C)Oc1ccc(C(CC(=O)O)NC2C3CN(CCCc4ccc5c(n4)NCCC5)CC32)cc1. The van der Waals surface area contributed by atoms with Crippen LogP contribution in [0.5, 0.6) is 5.75 Å². The molecule has 5 rings (SSSR count). The van der Waals surface area contributed by atoms with Crippen LogP contribution in [-0.2, 0) is 17.6 Å². The van der Waals surface area contributed by atoms with Gasteiger partial charge in [-0.05, 0) is 87.2 Å². The molecule has 3 atom stereocenters. The van der Waals surface area contributed by atoms with E-state index >= 15 is 0 Å². The van der Waals surface area contributed by atoms with Gasteiger partial charge in [0.25, 0.3) is 0 Å². The van der Waals surface area contributed by atoms with Crippen molar-refractivity contribution in [3.8, 4) is 5.75 Å². The van der Waals surface area contributed by atoms with Crippen molar-refractivity contribution >= 4 is 11.8 Å². The van der Waals surface area contributed by atoms with E-state index in [1.165, 1.54) is 17.7 Å². The van der Waals surface area contributed by atoms with Crippen LogP contribution in [0.25, 0.3) is 0 Å². The quantitative estimate of drug-likeness (QED) is 0.452. The number of nitrogens with zero attached hydrogens (tertiary/aromatic N) is 2. The van der Waals surface area contributed by atoms with Crippen LogP contribution in [0.4, 0.5) is 5.82 Å². The van der Waals surface area contributed by atoms with Crippen LogP contribution < -0.4 is 15.4 Å². The lowest BCUT2D eigenvalue weighted by Crippen LogP contribution is -2.34. The monoisotopic (exact) mass is 478 g/mol. The van der Waals surface area contributed by atoms with E-state index in [1.807, 2.05) is 38.1 Å². The van der Waals surface area contributed by atoms with E-state index in [0.29, 0.717) is 17.9 Å². The summed E-state index contributed by atoms with van der Waals surface area (Å²) < 4.78 is 5.73. The van der Waals surface area contributed by atoms with Crippen molar-refractivity contribution < 1.29 is 14.6 Å². The molecule has 7 nitrogen and oxygen atoms in total. The van der Waals surface area contributed by atoms with Crippen molar-refractivity contribution in [3.63, 3.8) is 0 Å². The first-order valence-corrected chi connectivity index (χ1v) is 13.2. The molecule has 35 heavy (non-hydrogen) atoms. The van der Waals surface area contributed by atoms with Crippen LogP contribution in [0.2, 0.25) is 0 Å². The molecule has 3 N–H and O–H groups in total. The number of benzene rings is 1. The zero-order valence-electron chi connectivity index (χ0n) is 20.9. The number of ether oxygens (including phenoxy) is 1. The Morgan fingerprint density at radius 3 is 2.69 bits per heavy atom. The van der Waals surface area contributed by atoms with Crippen LogP contribution in [0.3, 0.4) is 0 Å². The minimum absolute atomic E-state index is 0.0900. The lowest BCUT2D eigenvalue weighted by atomic mass is 10.0. The zero-order chi connectivity index (χ0) is 24.4. The fourth-order valence-corrected chi connectivity index (χ4v) is 5.77. The molecule has 3 unspecified atom stereocenters. The van der Waals surface area contributed by atoms with Crippen molar-refractivity contribution in [2.75, 3.05) is 31.5 Å². The Balaban J connectivity index is 1.08. The predicted octanol–water partition coefficient (Wildman–Crippen LogP) is 3.90. The minimum atomic E-state index is -0.775. The number of anilines is 1. The van der Waals surface area contributed by atoms with Crippen LogP contribution >= 0.6 is 0 Å². The molecule has 2 aliphatic heterocycles. The van der Waals surface area contributed by atoms with Crippen LogP contribution in [0.15, 0.2) is 36.4 Å². The Bertz CT molecular complexity index is 1010. The topological polar surface area (TPSA) is 86.7 Å². The zero-order valence-corrected chi connectivity index (χ0v) is 20.9. The number of carbonyl (C=O) groups is 1. The van der Waals surface area contributed by atoms with Crippen molar-refractivity contribution in [3.05, 3.63) is 53.2 Å². The molecule has 1 saturated heterocycles.